The van der Waals surface area contributed by atoms with Gasteiger partial charge in [0.15, 0.2) is 0 Å². The molecule has 0 unspecified atom stereocenters. The molecule has 0 atom stereocenters. The van der Waals surface area contributed by atoms with Crippen LogP contribution in [0.4, 0.5) is 0 Å². The Morgan fingerprint density at radius 2 is 1.14 bits per heavy atom. The van der Waals surface area contributed by atoms with Crippen molar-refractivity contribution in [2.75, 3.05) is 6.54 Å². The van der Waals surface area contributed by atoms with E-state index in [1.807, 2.05) is 6.92 Å². The van der Waals surface area contributed by atoms with E-state index in [2.05, 4.69) is 0 Å². The molecule has 0 aliphatic carbocycles. The summed E-state index contributed by atoms with van der Waals surface area (Å²) in [6.07, 6.45) is 0. The molecule has 0 amide bonds. The van der Waals surface area contributed by atoms with E-state index in [-0.39, 0.29) is 99.2 Å². The van der Waals surface area contributed by atoms with Gasteiger partial charge in [-0.05, 0) is 6.54 Å². The van der Waals surface area contributed by atoms with Gasteiger partial charge in [-0.15, -0.1) is 71.9 Å². The van der Waals surface area contributed by atoms with Crippen LogP contribution in [-0.4, -0.2) is 33.8 Å². The van der Waals surface area contributed by atoms with Crippen molar-refractivity contribution in [1.29, 1.82) is 0 Å². The van der Waals surface area contributed by atoms with Crippen LogP contribution < -0.4 is 5.73 Å². The van der Waals surface area contributed by atoms with Crippen molar-refractivity contribution in [2.45, 2.75) is 6.92 Å². The van der Waals surface area contributed by atoms with Gasteiger partial charge in [-0.3, -0.25) is 0 Å². The number of hydrogen-bond acceptors (Lipinski definition) is 1. The number of halogens is 3. The molecule has 0 saturated heterocycles. The van der Waals surface area contributed by atoms with E-state index in [4.69, 9.17) is 5.73 Å². The first-order chi connectivity index (χ1) is 1.41. The molecule has 0 aromatic carbocycles. The van der Waals surface area contributed by atoms with Crippen LogP contribution in [0.2, 0.25) is 0 Å². The first kappa shape index (κ1) is 32.2. The molecule has 2 N–H and O–H groups in total. The first-order valence-corrected chi connectivity index (χ1v) is 1.12. The topological polar surface area (TPSA) is 26.0 Å². The van der Waals surface area contributed by atoms with Crippen molar-refractivity contribution < 1.29 is 0 Å². The molecule has 0 bridgehead atoms. The monoisotopic (exact) mass is 639 g/mol. The fourth-order valence-corrected chi connectivity index (χ4v) is 0. The van der Waals surface area contributed by atoms with Gasteiger partial charge in [-0.25, -0.2) is 0 Å². The quantitative estimate of drug-likeness (QED) is 0.310. The Hall–Kier alpha value is 3.07. The molecule has 2 radical (unpaired) electrons. The predicted molar refractivity (Wildman–Crippen MR) is 69.5 cm³/mol. The Morgan fingerprint density at radius 3 is 1.14 bits per heavy atom. The molecule has 0 saturated carbocycles. The van der Waals surface area contributed by atoms with Crippen molar-refractivity contribution in [3.8, 4) is 0 Å². The van der Waals surface area contributed by atoms with E-state index in [1.54, 1.807) is 0 Å². The van der Waals surface area contributed by atoms with Gasteiger partial charge < -0.3 is 5.73 Å². The first-order valence-electron chi connectivity index (χ1n) is 1.12. The van der Waals surface area contributed by atoms with Gasteiger partial charge in [0.05, 0.1) is 0 Å². The molecule has 0 aromatic heterocycles. The molecule has 0 aliphatic heterocycles. The molecule has 0 spiro atoms. The van der Waals surface area contributed by atoms with Crippen LogP contribution in [0.25, 0.3) is 0 Å². The molecule has 0 aliphatic rings. The van der Waals surface area contributed by atoms with Gasteiger partial charge in [0, 0.05) is 0 Å². The Bertz CT molecular complexity index is 12.9. The van der Waals surface area contributed by atoms with E-state index >= 15 is 0 Å². The minimum absolute atomic E-state index is 0. The van der Waals surface area contributed by atoms with Crippen LogP contribution in [0.15, 0.2) is 0 Å². The summed E-state index contributed by atoms with van der Waals surface area (Å²) < 4.78 is 0. The molecule has 0 rings (SSSR count). The van der Waals surface area contributed by atoms with Crippen LogP contribution in [0, 0.1) is 0 Å². The van der Waals surface area contributed by atoms with Gasteiger partial charge in [0.1, 0.15) is 0 Å². The second-order valence-electron chi connectivity index (χ2n) is 0.408. The average molecular weight is 638 g/mol. The van der Waals surface area contributed by atoms with Crippen LogP contribution in [-0.2, 0) is 0 Å². The molecule has 5 heteroatoms. The van der Waals surface area contributed by atoms with Crippen LogP contribution in [0.3, 0.4) is 0 Å². The second kappa shape index (κ2) is 35.6. The van der Waals surface area contributed by atoms with Gasteiger partial charge in [0.2, 0.25) is 0 Å². The minimum atomic E-state index is 0. The van der Waals surface area contributed by atoms with Crippen molar-refractivity contribution in [3.63, 3.8) is 0 Å². The zero-order chi connectivity index (χ0) is 2.71. The fourth-order valence-electron chi connectivity index (χ4n) is 0. The van der Waals surface area contributed by atoms with E-state index < -0.39 is 0 Å². The van der Waals surface area contributed by atoms with Crippen LogP contribution in [0.5, 0.6) is 0 Å². The maximum atomic E-state index is 4.85. The Kier molecular flexibility index (Phi) is 164. The summed E-state index contributed by atoms with van der Waals surface area (Å²) in [5.74, 6) is 0. The zero-order valence-electron chi connectivity index (χ0n) is 4.22. The normalized spacial score (nSPS) is 2.57. The summed E-state index contributed by atoms with van der Waals surface area (Å²) in [4.78, 5) is 0. The summed E-state index contributed by atoms with van der Waals surface area (Å²) in [6, 6.07) is 0. The van der Waals surface area contributed by atoms with Crippen molar-refractivity contribution in [1.82, 2.24) is 0 Å². The summed E-state index contributed by atoms with van der Waals surface area (Å²) in [6.45, 7) is 2.65. The van der Waals surface area contributed by atoms with Gasteiger partial charge in [-0.1, -0.05) is 6.92 Å². The molecule has 7 heavy (non-hydrogen) atoms. The third kappa shape index (κ3) is 48.1. The zero-order valence-corrected chi connectivity index (χ0v) is 16.7. The molecular formula is C2H12I3NPb. The van der Waals surface area contributed by atoms with E-state index in [1.165, 1.54) is 0 Å². The molecular weight excluding hydrogens is 626 g/mol. The van der Waals surface area contributed by atoms with Crippen molar-refractivity contribution in [3.05, 3.63) is 0 Å². The third-order valence-electron chi connectivity index (χ3n) is 0. The second-order valence-corrected chi connectivity index (χ2v) is 0.408. The molecule has 0 fully saturated rings. The predicted octanol–water partition coefficient (Wildman–Crippen LogP) is 0.903. The van der Waals surface area contributed by atoms with E-state index in [0.717, 1.165) is 6.54 Å². The SMILES string of the molecule is CCN.I.I.I.[PbH2]. The summed E-state index contributed by atoms with van der Waals surface area (Å²) in [5, 5.41) is 0. The molecule has 0 heterocycles. The Balaban J connectivity index is -0.00000000333. The summed E-state index contributed by atoms with van der Waals surface area (Å²) in [7, 11) is 0. The van der Waals surface area contributed by atoms with Gasteiger partial charge >= 0.3 is 27.3 Å². The van der Waals surface area contributed by atoms with E-state index in [9.17, 15) is 0 Å². The maximum absolute atomic E-state index is 4.85. The number of nitrogens with two attached hydrogens (primary N) is 1. The number of rotatable bonds is 0. The molecule has 0 aromatic rings. The summed E-state index contributed by atoms with van der Waals surface area (Å²) in [5.41, 5.74) is 4.85. The Labute approximate surface area is 116 Å². The third-order valence-corrected chi connectivity index (χ3v) is 0. The molecule has 50 valence electrons. The Morgan fingerprint density at radius 1 is 1.14 bits per heavy atom. The van der Waals surface area contributed by atoms with Gasteiger partial charge in [-0.2, -0.15) is 0 Å². The average Bonchev–Trinajstić information content (AvgIpc) is 0.918. The van der Waals surface area contributed by atoms with Crippen molar-refractivity contribution >= 4 is 99.2 Å². The van der Waals surface area contributed by atoms with Crippen LogP contribution in [0.1, 0.15) is 6.92 Å². The standard InChI is InChI=1S/C2H7N.3HI.Pb.2H/c1-2-3;;;;;;/h2-3H2,1H3;3*1H;;;. The van der Waals surface area contributed by atoms with E-state index in [0.29, 0.717) is 0 Å². The fraction of sp³-hybridized carbons (Fsp3) is 1.00. The van der Waals surface area contributed by atoms with Gasteiger partial charge in [0.25, 0.3) is 0 Å². The van der Waals surface area contributed by atoms with Crippen molar-refractivity contribution in [2.24, 2.45) is 5.73 Å². The van der Waals surface area contributed by atoms with Crippen LogP contribution >= 0.6 is 71.9 Å². The number of hydrogen-bond donors (Lipinski definition) is 1. The summed E-state index contributed by atoms with van der Waals surface area (Å²) >= 11 is 0. The molecule has 1 nitrogen and oxygen atoms in total.